The van der Waals surface area contributed by atoms with E-state index in [-0.39, 0.29) is 28.0 Å². The first kappa shape index (κ1) is 25.6. The number of hydrogen-bond donors (Lipinski definition) is 1. The van der Waals surface area contributed by atoms with Gasteiger partial charge in [0.2, 0.25) is 10.9 Å². The van der Waals surface area contributed by atoms with Crippen LogP contribution >= 0.6 is 11.3 Å². The molecule has 0 saturated carbocycles. The number of carbonyl (C=O) groups excluding carboxylic acids is 2. The molecule has 8 nitrogen and oxygen atoms in total. The molecule has 0 saturated heterocycles. The lowest BCUT2D eigenvalue weighted by Crippen LogP contribution is -2.37. The number of thiazole rings is 1. The Kier molecular flexibility index (Phi) is 6.11. The quantitative estimate of drug-likeness (QED) is 0.360. The lowest BCUT2D eigenvalue weighted by atomic mass is 9.87. The molecule has 2 aromatic heterocycles. The normalized spacial score (nSPS) is 14.6. The lowest BCUT2D eigenvalue weighted by molar-refractivity contribution is -0.118. The summed E-state index contributed by atoms with van der Waals surface area (Å²) in [5, 5.41) is 7.32. The van der Waals surface area contributed by atoms with Gasteiger partial charge in [-0.3, -0.25) is 19.3 Å². The Morgan fingerprint density at radius 2 is 1.73 bits per heavy atom. The third-order valence-electron chi connectivity index (χ3n) is 6.92. The second-order valence-corrected chi connectivity index (χ2v) is 11.9. The van der Waals surface area contributed by atoms with Gasteiger partial charge in [-0.05, 0) is 41.7 Å². The Morgan fingerprint density at radius 1 is 0.975 bits per heavy atom. The van der Waals surface area contributed by atoms with E-state index < -0.39 is 11.5 Å². The van der Waals surface area contributed by atoms with E-state index in [9.17, 15) is 14.4 Å². The van der Waals surface area contributed by atoms with Gasteiger partial charge in [0.05, 0.1) is 11.3 Å². The van der Waals surface area contributed by atoms with Crippen LogP contribution in [0.15, 0.2) is 77.6 Å². The Bertz CT molecular complexity index is 1920. The molecule has 0 fully saturated rings. The summed E-state index contributed by atoms with van der Waals surface area (Å²) < 4.78 is 1.51. The number of aromatic nitrogens is 3. The van der Waals surface area contributed by atoms with Crippen molar-refractivity contribution in [3.05, 3.63) is 104 Å². The van der Waals surface area contributed by atoms with Crippen LogP contribution < -0.4 is 20.3 Å². The number of benzene rings is 3. The van der Waals surface area contributed by atoms with Crippen molar-refractivity contribution in [2.24, 2.45) is 0 Å². The maximum absolute atomic E-state index is 13.7. The molecular weight excluding hydrogens is 522 g/mol. The predicted octanol–water partition coefficient (Wildman–Crippen LogP) is 4.33. The maximum Gasteiger partial charge on any atom is 0.291 e. The van der Waals surface area contributed by atoms with Crippen molar-refractivity contribution >= 4 is 45.1 Å². The number of rotatable bonds is 4. The molecule has 0 spiro atoms. The average molecular weight is 550 g/mol. The highest BCUT2D eigenvalue weighted by Gasteiger charge is 2.35. The molecule has 1 aliphatic rings. The largest absolute Gasteiger partial charge is 0.325 e. The fourth-order valence-electron chi connectivity index (χ4n) is 4.85. The van der Waals surface area contributed by atoms with Crippen LogP contribution in [0.25, 0.3) is 21.9 Å². The lowest BCUT2D eigenvalue weighted by Gasteiger charge is -2.18. The minimum absolute atomic E-state index is 0.0219. The molecule has 0 bridgehead atoms. The Labute approximate surface area is 234 Å². The van der Waals surface area contributed by atoms with Gasteiger partial charge in [0.1, 0.15) is 11.1 Å². The average Bonchev–Trinajstić information content (AvgIpc) is 3.54. The number of nitrogens with zero attached hydrogens (tertiary/aromatic N) is 4. The zero-order valence-electron chi connectivity index (χ0n) is 22.6. The van der Waals surface area contributed by atoms with Crippen molar-refractivity contribution in [3.8, 4) is 11.4 Å². The minimum Gasteiger partial charge on any atom is -0.325 e. The second kappa shape index (κ2) is 9.53. The maximum atomic E-state index is 13.7. The summed E-state index contributed by atoms with van der Waals surface area (Å²) in [6, 6.07) is 22.6. The van der Waals surface area contributed by atoms with Gasteiger partial charge in [0.15, 0.2) is 5.82 Å². The molecule has 9 heteroatoms. The molecule has 0 aliphatic carbocycles. The molecule has 5 aromatic rings. The molecule has 2 amide bonds. The number of amides is 2. The van der Waals surface area contributed by atoms with E-state index in [0.29, 0.717) is 27.7 Å². The molecule has 0 unspecified atom stereocenters. The van der Waals surface area contributed by atoms with E-state index in [1.165, 1.54) is 15.0 Å². The van der Waals surface area contributed by atoms with Gasteiger partial charge >= 0.3 is 0 Å². The van der Waals surface area contributed by atoms with Gasteiger partial charge in [-0.2, -0.15) is 9.50 Å². The summed E-state index contributed by atoms with van der Waals surface area (Å²) in [6.45, 7) is 8.20. The van der Waals surface area contributed by atoms with Gasteiger partial charge < -0.3 is 5.32 Å². The number of nitrogens with one attached hydrogen (secondary N) is 1. The van der Waals surface area contributed by atoms with Crippen LogP contribution in [0, 0.1) is 6.92 Å². The van der Waals surface area contributed by atoms with Gasteiger partial charge in [-0.1, -0.05) is 86.7 Å². The van der Waals surface area contributed by atoms with Crippen LogP contribution in [0.3, 0.4) is 0 Å². The van der Waals surface area contributed by atoms with Gasteiger partial charge in [-0.25, -0.2) is 0 Å². The number of aryl methyl sites for hydroxylation is 1. The zero-order valence-corrected chi connectivity index (χ0v) is 23.4. The van der Waals surface area contributed by atoms with Crippen LogP contribution in [-0.2, 0) is 15.0 Å². The number of carbonyl (C=O) groups is 2. The molecule has 3 aromatic carbocycles. The number of anilines is 2. The highest BCUT2D eigenvalue weighted by atomic mass is 32.1. The van der Waals surface area contributed by atoms with Crippen molar-refractivity contribution in [2.45, 2.75) is 33.1 Å². The van der Waals surface area contributed by atoms with Crippen LogP contribution in [0.5, 0.6) is 0 Å². The first-order chi connectivity index (χ1) is 19.1. The Hall–Kier alpha value is -4.63. The van der Waals surface area contributed by atoms with Gasteiger partial charge in [0, 0.05) is 16.8 Å². The van der Waals surface area contributed by atoms with Crippen molar-refractivity contribution < 1.29 is 9.59 Å². The van der Waals surface area contributed by atoms with Crippen molar-refractivity contribution in [2.75, 3.05) is 16.8 Å². The molecule has 0 atom stereocenters. The van der Waals surface area contributed by atoms with E-state index >= 15 is 0 Å². The van der Waals surface area contributed by atoms with Crippen molar-refractivity contribution in [1.29, 1.82) is 0 Å². The number of fused-ring (bicyclic) bond motifs is 2. The summed E-state index contributed by atoms with van der Waals surface area (Å²) >= 11 is 1.13. The summed E-state index contributed by atoms with van der Waals surface area (Å²) in [5.74, 6) is -0.282. The fourth-order valence-corrected chi connectivity index (χ4v) is 5.85. The van der Waals surface area contributed by atoms with E-state index in [0.717, 1.165) is 22.5 Å². The molecular formula is C31H27N5O3S. The highest BCUT2D eigenvalue weighted by molar-refractivity contribution is 7.15. The first-order valence-electron chi connectivity index (χ1n) is 12.9. The second-order valence-electron chi connectivity index (χ2n) is 10.9. The molecule has 200 valence electrons. The SMILES string of the molecule is Cc1cccc(NC(=O)CN2C(=O)/C(=c3\sc4nc(-c5ccc(C(C)(C)C)cc5)nn4c3=O)c3ccccc32)c1. The summed E-state index contributed by atoms with van der Waals surface area (Å²) in [5.41, 5.74) is 4.74. The molecule has 0 radical (unpaired) electrons. The van der Waals surface area contributed by atoms with E-state index in [1.54, 1.807) is 24.3 Å². The van der Waals surface area contributed by atoms with E-state index in [2.05, 4.69) is 36.2 Å². The Balaban J connectivity index is 1.36. The summed E-state index contributed by atoms with van der Waals surface area (Å²) in [6.07, 6.45) is 0. The van der Waals surface area contributed by atoms with Crippen LogP contribution in [0.1, 0.15) is 37.5 Å². The van der Waals surface area contributed by atoms with E-state index in [1.807, 2.05) is 55.5 Å². The van der Waals surface area contributed by atoms with Crippen LogP contribution in [0.2, 0.25) is 0 Å². The van der Waals surface area contributed by atoms with Gasteiger partial charge in [0.25, 0.3) is 11.5 Å². The molecule has 40 heavy (non-hydrogen) atoms. The molecule has 1 aliphatic heterocycles. The zero-order chi connectivity index (χ0) is 28.2. The Morgan fingerprint density at radius 3 is 2.42 bits per heavy atom. The molecule has 6 rings (SSSR count). The smallest absolute Gasteiger partial charge is 0.291 e. The third kappa shape index (κ3) is 4.48. The van der Waals surface area contributed by atoms with Crippen LogP contribution in [0.4, 0.5) is 11.4 Å². The number of para-hydroxylation sites is 1. The fraction of sp³-hybridized carbons (Fsp3) is 0.194. The third-order valence-corrected chi connectivity index (χ3v) is 7.95. The van der Waals surface area contributed by atoms with E-state index in [4.69, 9.17) is 0 Å². The topological polar surface area (TPSA) is 96.7 Å². The summed E-state index contributed by atoms with van der Waals surface area (Å²) in [4.78, 5) is 46.5. The standard InChI is InChI=1S/C31H27N5O3S/c1-18-8-7-9-21(16-18)32-24(37)17-35-23-11-6-5-10-22(23)25(28(35)38)26-29(39)36-30(40-26)33-27(34-36)19-12-14-20(15-13-19)31(2,3)4/h5-16H,17H2,1-4H3,(H,32,37)/b26-25-. The monoisotopic (exact) mass is 549 g/mol. The predicted molar refractivity (Wildman–Crippen MR) is 158 cm³/mol. The number of hydrogen-bond acceptors (Lipinski definition) is 6. The summed E-state index contributed by atoms with van der Waals surface area (Å²) in [7, 11) is 0. The van der Waals surface area contributed by atoms with Crippen molar-refractivity contribution in [1.82, 2.24) is 14.6 Å². The molecule has 1 N–H and O–H groups in total. The van der Waals surface area contributed by atoms with Crippen LogP contribution in [-0.4, -0.2) is 33.0 Å². The van der Waals surface area contributed by atoms with Crippen molar-refractivity contribution in [3.63, 3.8) is 0 Å². The minimum atomic E-state index is -0.408. The first-order valence-corrected chi connectivity index (χ1v) is 13.7. The van der Waals surface area contributed by atoms with Gasteiger partial charge in [-0.15, -0.1) is 5.10 Å². The highest BCUT2D eigenvalue weighted by Crippen LogP contribution is 2.35. The molecule has 3 heterocycles.